The molecule has 18 rings (SSSR count). The molecular formula is C70H44N6P2S2. The van der Waals surface area contributed by atoms with Gasteiger partial charge in [0.05, 0.1) is 80.3 Å². The van der Waals surface area contributed by atoms with E-state index >= 15 is 0 Å². The van der Waals surface area contributed by atoms with Gasteiger partial charge in [-0.25, -0.2) is 0 Å². The quantitative estimate of drug-likeness (QED) is 0.152. The lowest BCUT2D eigenvalue weighted by molar-refractivity contribution is 1.22. The summed E-state index contributed by atoms with van der Waals surface area (Å²) in [6.07, 6.45) is 0. The number of para-hydroxylation sites is 6. The van der Waals surface area contributed by atoms with Crippen LogP contribution >= 0.6 is 12.1 Å². The molecule has 0 N–H and O–H groups in total. The van der Waals surface area contributed by atoms with Gasteiger partial charge in [0.2, 0.25) is 0 Å². The van der Waals surface area contributed by atoms with E-state index in [1.807, 2.05) is 0 Å². The van der Waals surface area contributed by atoms with Gasteiger partial charge in [-0.1, -0.05) is 157 Å². The highest BCUT2D eigenvalue weighted by atomic mass is 32.4. The normalized spacial score (nSPS) is 17.8. The molecule has 6 aliphatic rings. The maximum atomic E-state index is 7.86. The van der Waals surface area contributed by atoms with Crippen molar-refractivity contribution < 1.29 is 0 Å². The molecule has 0 aromatic heterocycles. The fraction of sp³-hybridized carbons (Fsp3) is 0. The van der Waals surface area contributed by atoms with Gasteiger partial charge in [-0.05, 0) is 133 Å². The molecule has 0 radical (unpaired) electrons. The first-order chi connectivity index (χ1) is 39.5. The molecular weight excluding hydrogens is 1050 g/mol. The first-order valence-electron chi connectivity index (χ1n) is 27.1. The topological polar surface area (TPSA) is 19.4 Å². The molecule has 0 fully saturated rings. The molecule has 80 heavy (non-hydrogen) atoms. The predicted molar refractivity (Wildman–Crippen MR) is 346 cm³/mol. The first-order valence-corrected chi connectivity index (χ1v) is 32.7. The third-order valence-electron chi connectivity index (χ3n) is 17.1. The van der Waals surface area contributed by atoms with Crippen LogP contribution in [-0.2, 0) is 23.6 Å². The molecule has 12 aromatic rings. The van der Waals surface area contributed by atoms with Gasteiger partial charge in [-0.15, -0.1) is 0 Å². The van der Waals surface area contributed by atoms with Crippen LogP contribution in [0.15, 0.2) is 267 Å². The second kappa shape index (κ2) is 16.3. The summed E-state index contributed by atoms with van der Waals surface area (Å²) in [7, 11) is 0. The van der Waals surface area contributed by atoms with E-state index in [9.17, 15) is 0 Å². The molecule has 0 saturated carbocycles. The van der Waals surface area contributed by atoms with E-state index in [-0.39, 0.29) is 0 Å². The molecule has 6 heterocycles. The zero-order chi connectivity index (χ0) is 52.6. The van der Waals surface area contributed by atoms with Crippen LogP contribution in [0.1, 0.15) is 0 Å². The third-order valence-corrected chi connectivity index (χ3v) is 26.9. The maximum Gasteiger partial charge on any atom is 0.0653 e. The molecule has 6 nitrogen and oxygen atoms in total. The van der Waals surface area contributed by atoms with Gasteiger partial charge in [0.15, 0.2) is 0 Å². The molecule has 0 amide bonds. The average molecular weight is 1100 g/mol. The molecule has 10 heteroatoms. The van der Waals surface area contributed by atoms with Crippen molar-refractivity contribution in [1.82, 2.24) is 0 Å². The molecule has 2 unspecified atom stereocenters. The van der Waals surface area contributed by atoms with E-state index in [0.29, 0.717) is 0 Å². The van der Waals surface area contributed by atoms with E-state index in [0.717, 1.165) is 113 Å². The minimum absolute atomic E-state index is 1.07. The number of hydrogen-bond donors (Lipinski definition) is 0. The number of nitrogens with zero attached hydrogens (tertiary/aromatic N) is 6. The van der Waals surface area contributed by atoms with E-state index in [1.54, 1.807) is 0 Å². The lowest BCUT2D eigenvalue weighted by Gasteiger charge is -2.53. The fourth-order valence-corrected chi connectivity index (χ4v) is 24.9. The second-order valence-corrected chi connectivity index (χ2v) is 29.5. The van der Waals surface area contributed by atoms with Crippen LogP contribution in [0.2, 0.25) is 0 Å². The highest BCUT2D eigenvalue weighted by Gasteiger charge is 2.55. The van der Waals surface area contributed by atoms with Crippen LogP contribution in [0.4, 0.5) is 102 Å². The van der Waals surface area contributed by atoms with Crippen LogP contribution in [0.25, 0.3) is 10.8 Å². The molecule has 0 spiro atoms. The summed E-state index contributed by atoms with van der Waals surface area (Å²) in [6, 6.07) is 92.2. The molecule has 12 aromatic carbocycles. The van der Waals surface area contributed by atoms with Crippen molar-refractivity contribution in [2.75, 3.05) is 29.4 Å². The zero-order valence-electron chi connectivity index (χ0n) is 42.8. The Morgan fingerprint density at radius 2 is 0.400 bits per heavy atom. The lowest BCUT2D eigenvalue weighted by Crippen LogP contribution is -2.48. The monoisotopic (exact) mass is 1090 g/mol. The van der Waals surface area contributed by atoms with Crippen LogP contribution in [0, 0.1) is 0 Å². The second-order valence-electron chi connectivity index (χ2n) is 21.1. The van der Waals surface area contributed by atoms with Gasteiger partial charge in [0.25, 0.3) is 0 Å². The van der Waals surface area contributed by atoms with Gasteiger partial charge in [0, 0.05) is 76.7 Å². The number of benzene rings is 12. The standard InChI is InChI=1S/C70H44N6P2S2/c79-77-65-53-35-19-39-57(65)73(47-27-11-3-12-28-47)61-43-52-51(63(69(61)77)75(49-31-15-5-16-32-49)59-41-21-37-55(67(59)77)71(53)45-23-7-1-8-24-45)44-62-70-64(52)76(50-33-17-6-18-34-50)60-42-22-38-56-68(60)78(70,80)66-54(72(56)46-25-9-2-10-26-46)36-20-40-58(66)74(62)48-29-13-4-14-30-48/h1-44H. The van der Waals surface area contributed by atoms with E-state index < -0.39 is 12.1 Å². The summed E-state index contributed by atoms with van der Waals surface area (Å²) < 4.78 is 0. The summed E-state index contributed by atoms with van der Waals surface area (Å²) in [5.41, 5.74) is 19.8. The largest absolute Gasteiger partial charge is 0.309 e. The molecule has 0 aliphatic carbocycles. The smallest absolute Gasteiger partial charge is 0.0653 e. The fourth-order valence-electron chi connectivity index (χ4n) is 14.2. The van der Waals surface area contributed by atoms with Gasteiger partial charge in [-0.3, -0.25) is 0 Å². The van der Waals surface area contributed by atoms with E-state index in [2.05, 4.69) is 296 Å². The Balaban J connectivity index is 1.07. The minimum Gasteiger partial charge on any atom is -0.309 e. The van der Waals surface area contributed by atoms with Crippen molar-refractivity contribution in [3.8, 4) is 0 Å². The van der Waals surface area contributed by atoms with Gasteiger partial charge < -0.3 is 29.4 Å². The van der Waals surface area contributed by atoms with Crippen LogP contribution < -0.4 is 61.2 Å². The Kier molecular flexibility index (Phi) is 9.15. The van der Waals surface area contributed by atoms with Crippen molar-refractivity contribution in [3.05, 3.63) is 267 Å². The maximum absolute atomic E-state index is 7.86. The summed E-state index contributed by atoms with van der Waals surface area (Å²) in [5, 5.41) is 9.47. The summed E-state index contributed by atoms with van der Waals surface area (Å²) in [4.78, 5) is 15.1. The van der Waals surface area contributed by atoms with Crippen LogP contribution in [0.3, 0.4) is 0 Å². The summed E-state index contributed by atoms with van der Waals surface area (Å²) in [6.45, 7) is 0. The number of fused-ring (bicyclic) bond motifs is 3. The highest BCUT2D eigenvalue weighted by Crippen LogP contribution is 2.72. The van der Waals surface area contributed by atoms with Gasteiger partial charge >= 0.3 is 0 Å². The van der Waals surface area contributed by atoms with Crippen molar-refractivity contribution in [2.24, 2.45) is 0 Å². The molecule has 2 atom stereocenters. The van der Waals surface area contributed by atoms with Crippen LogP contribution in [-0.4, -0.2) is 0 Å². The van der Waals surface area contributed by atoms with Gasteiger partial charge in [-0.2, -0.15) is 0 Å². The van der Waals surface area contributed by atoms with E-state index in [4.69, 9.17) is 23.6 Å². The van der Waals surface area contributed by atoms with Crippen molar-refractivity contribution in [2.45, 2.75) is 0 Å². The highest BCUT2D eigenvalue weighted by molar-refractivity contribution is 8.27. The Labute approximate surface area is 473 Å². The Morgan fingerprint density at radius 1 is 0.200 bits per heavy atom. The zero-order valence-corrected chi connectivity index (χ0v) is 46.2. The minimum atomic E-state index is -2.95. The number of rotatable bonds is 6. The predicted octanol–water partition coefficient (Wildman–Crippen LogP) is 17.1. The van der Waals surface area contributed by atoms with E-state index in [1.165, 1.54) is 31.8 Å². The SMILES string of the molecule is S=P12c3c4cccc3N(c3ccccc3)c3cc5c6c7c(cc5c(c31)N(c1ccccc1)c1cccc(c12)N4c1ccccc1)N(c1ccccc1)c1cccc2c1P7(=S)c1c(cccc1N6c1ccccc1)N2c1ccccc1. The molecule has 0 saturated heterocycles. The average Bonchev–Trinajstić information content (AvgIpc) is 2.81. The number of hydrogen-bond acceptors (Lipinski definition) is 8. The van der Waals surface area contributed by atoms with Crippen molar-refractivity contribution >= 4 is 181 Å². The third kappa shape index (κ3) is 5.59. The first kappa shape index (κ1) is 44.9. The molecule has 0 bridgehead atoms. The van der Waals surface area contributed by atoms with Crippen molar-refractivity contribution in [3.63, 3.8) is 0 Å². The summed E-state index contributed by atoms with van der Waals surface area (Å²) in [5.74, 6) is 0. The van der Waals surface area contributed by atoms with Crippen LogP contribution in [0.5, 0.6) is 0 Å². The molecule has 6 aliphatic heterocycles. The van der Waals surface area contributed by atoms with Gasteiger partial charge in [0.1, 0.15) is 0 Å². The Bertz CT molecular complexity index is 4410. The van der Waals surface area contributed by atoms with Crippen molar-refractivity contribution in [1.29, 1.82) is 0 Å². The molecule has 376 valence electrons. The lowest BCUT2D eigenvalue weighted by atomic mass is 9.97. The number of anilines is 18. The Hall–Kier alpha value is -9.00. The Morgan fingerprint density at radius 3 is 0.637 bits per heavy atom. The summed E-state index contributed by atoms with van der Waals surface area (Å²) >= 11 is 15.7.